The van der Waals surface area contributed by atoms with E-state index in [1.807, 2.05) is 0 Å². The van der Waals surface area contributed by atoms with Crippen LogP contribution in [-0.2, 0) is 19.8 Å². The molecular weight excluding hydrogens is 245 g/mol. The summed E-state index contributed by atoms with van der Waals surface area (Å²) in [5, 5.41) is 3.90. The highest BCUT2D eigenvalue weighted by molar-refractivity contribution is 5.25. The van der Waals surface area contributed by atoms with E-state index in [0.717, 1.165) is 12.1 Å². The van der Waals surface area contributed by atoms with Gasteiger partial charge < -0.3 is 4.74 Å². The molecule has 0 bridgehead atoms. The first-order valence-electron chi connectivity index (χ1n) is 5.23. The maximum Gasteiger partial charge on any atom is 0.416 e. The molecule has 0 unspecified atom stereocenters. The molecule has 0 aliphatic carbocycles. The molecule has 0 atom stereocenters. The SMILES string of the molecule is Cn1cc(OCc2cccc(C(F)(F)F)c2)cn1. The van der Waals surface area contributed by atoms with Crippen LogP contribution in [0, 0.1) is 0 Å². The van der Waals surface area contributed by atoms with Crippen LogP contribution in [0.25, 0.3) is 0 Å². The molecule has 0 amide bonds. The Bertz CT molecular complexity index is 534. The third kappa shape index (κ3) is 3.03. The molecule has 0 aliphatic rings. The van der Waals surface area contributed by atoms with Gasteiger partial charge in [0.25, 0.3) is 0 Å². The molecule has 2 aromatic rings. The minimum absolute atomic E-state index is 0.0790. The number of rotatable bonds is 3. The van der Waals surface area contributed by atoms with E-state index in [1.165, 1.54) is 12.3 Å². The molecule has 0 saturated heterocycles. The van der Waals surface area contributed by atoms with Crippen LogP contribution in [0.2, 0.25) is 0 Å². The molecule has 3 nitrogen and oxygen atoms in total. The van der Waals surface area contributed by atoms with Gasteiger partial charge in [-0.2, -0.15) is 18.3 Å². The molecule has 0 saturated carbocycles. The van der Waals surface area contributed by atoms with Crippen LogP contribution in [0.1, 0.15) is 11.1 Å². The molecule has 0 spiro atoms. The first-order valence-corrected chi connectivity index (χ1v) is 5.23. The summed E-state index contributed by atoms with van der Waals surface area (Å²) in [6.45, 7) is 0.0790. The Balaban J connectivity index is 2.06. The van der Waals surface area contributed by atoms with Gasteiger partial charge in [-0.25, -0.2) is 0 Å². The van der Waals surface area contributed by atoms with Gasteiger partial charge >= 0.3 is 6.18 Å². The fraction of sp³-hybridized carbons (Fsp3) is 0.250. The largest absolute Gasteiger partial charge is 0.486 e. The van der Waals surface area contributed by atoms with Gasteiger partial charge in [-0.1, -0.05) is 12.1 Å². The number of alkyl halides is 3. The highest BCUT2D eigenvalue weighted by atomic mass is 19.4. The number of aryl methyl sites for hydroxylation is 1. The minimum atomic E-state index is -4.33. The van der Waals surface area contributed by atoms with Crippen molar-refractivity contribution in [2.45, 2.75) is 12.8 Å². The van der Waals surface area contributed by atoms with E-state index >= 15 is 0 Å². The number of ether oxygens (including phenoxy) is 1. The maximum atomic E-state index is 12.5. The third-order valence-corrected chi connectivity index (χ3v) is 2.34. The van der Waals surface area contributed by atoms with Gasteiger partial charge in [-0.15, -0.1) is 0 Å². The van der Waals surface area contributed by atoms with E-state index in [1.54, 1.807) is 24.0 Å². The van der Waals surface area contributed by atoms with Gasteiger partial charge in [-0.3, -0.25) is 4.68 Å². The van der Waals surface area contributed by atoms with Crippen molar-refractivity contribution < 1.29 is 17.9 Å². The van der Waals surface area contributed by atoms with E-state index in [0.29, 0.717) is 11.3 Å². The second kappa shape index (κ2) is 4.72. The van der Waals surface area contributed by atoms with Gasteiger partial charge in [0.15, 0.2) is 5.75 Å². The zero-order chi connectivity index (χ0) is 13.2. The van der Waals surface area contributed by atoms with Crippen LogP contribution < -0.4 is 4.74 Å². The van der Waals surface area contributed by atoms with Crippen molar-refractivity contribution in [2.24, 2.45) is 7.05 Å². The van der Waals surface area contributed by atoms with E-state index in [2.05, 4.69) is 5.10 Å². The van der Waals surface area contributed by atoms with Crippen molar-refractivity contribution in [1.29, 1.82) is 0 Å². The summed E-state index contributed by atoms with van der Waals surface area (Å²) < 4.78 is 44.3. The minimum Gasteiger partial charge on any atom is -0.486 e. The first-order chi connectivity index (χ1) is 8.45. The Morgan fingerprint density at radius 1 is 1.33 bits per heavy atom. The van der Waals surface area contributed by atoms with Crippen molar-refractivity contribution in [3.05, 3.63) is 47.8 Å². The summed E-state index contributed by atoms with van der Waals surface area (Å²) in [6.07, 6.45) is -1.18. The lowest BCUT2D eigenvalue weighted by Gasteiger charge is -2.09. The summed E-state index contributed by atoms with van der Waals surface area (Å²) in [5.41, 5.74) is -0.205. The number of benzene rings is 1. The second-order valence-corrected chi connectivity index (χ2v) is 3.84. The molecular formula is C12H11F3N2O. The number of aromatic nitrogens is 2. The summed E-state index contributed by atoms with van der Waals surface area (Å²) in [4.78, 5) is 0. The Kier molecular flexibility index (Phi) is 3.27. The van der Waals surface area contributed by atoms with Gasteiger partial charge in [0.2, 0.25) is 0 Å². The lowest BCUT2D eigenvalue weighted by Crippen LogP contribution is -2.06. The van der Waals surface area contributed by atoms with E-state index in [9.17, 15) is 13.2 Å². The van der Waals surface area contributed by atoms with Crippen molar-refractivity contribution in [1.82, 2.24) is 9.78 Å². The number of hydrogen-bond donors (Lipinski definition) is 0. The van der Waals surface area contributed by atoms with Crippen molar-refractivity contribution >= 4 is 0 Å². The first kappa shape index (κ1) is 12.5. The van der Waals surface area contributed by atoms with Crippen LogP contribution in [0.15, 0.2) is 36.7 Å². The fourth-order valence-corrected chi connectivity index (χ4v) is 1.48. The highest BCUT2D eigenvalue weighted by Gasteiger charge is 2.30. The van der Waals surface area contributed by atoms with E-state index in [4.69, 9.17) is 4.74 Å². The average Bonchev–Trinajstić information content (AvgIpc) is 2.72. The predicted octanol–water partition coefficient (Wildman–Crippen LogP) is 3.02. The van der Waals surface area contributed by atoms with Crippen molar-refractivity contribution in [2.75, 3.05) is 0 Å². The Labute approximate surface area is 102 Å². The average molecular weight is 256 g/mol. The van der Waals surface area contributed by atoms with Crippen molar-refractivity contribution in [3.8, 4) is 5.75 Å². The Morgan fingerprint density at radius 3 is 2.72 bits per heavy atom. The highest BCUT2D eigenvalue weighted by Crippen LogP contribution is 2.29. The predicted molar refractivity (Wildman–Crippen MR) is 59.0 cm³/mol. The monoisotopic (exact) mass is 256 g/mol. The lowest BCUT2D eigenvalue weighted by molar-refractivity contribution is -0.137. The van der Waals surface area contributed by atoms with Gasteiger partial charge in [0.05, 0.1) is 18.0 Å². The molecule has 0 fully saturated rings. The molecule has 1 aromatic heterocycles. The topological polar surface area (TPSA) is 27.1 Å². The number of halogens is 3. The Hall–Kier alpha value is -1.98. The molecule has 96 valence electrons. The molecule has 0 radical (unpaired) electrons. The van der Waals surface area contributed by atoms with Crippen LogP contribution in [-0.4, -0.2) is 9.78 Å². The van der Waals surface area contributed by atoms with Crippen LogP contribution in [0.4, 0.5) is 13.2 Å². The van der Waals surface area contributed by atoms with Gasteiger partial charge in [0, 0.05) is 7.05 Å². The summed E-state index contributed by atoms with van der Waals surface area (Å²) >= 11 is 0. The molecule has 0 aliphatic heterocycles. The second-order valence-electron chi connectivity index (χ2n) is 3.84. The van der Waals surface area contributed by atoms with Gasteiger partial charge in [-0.05, 0) is 17.7 Å². The molecule has 1 aromatic carbocycles. The zero-order valence-corrected chi connectivity index (χ0v) is 9.61. The smallest absolute Gasteiger partial charge is 0.416 e. The van der Waals surface area contributed by atoms with E-state index < -0.39 is 11.7 Å². The van der Waals surface area contributed by atoms with Crippen LogP contribution >= 0.6 is 0 Å². The Morgan fingerprint density at radius 2 is 2.11 bits per heavy atom. The molecule has 6 heteroatoms. The quantitative estimate of drug-likeness (QED) is 0.844. The number of hydrogen-bond acceptors (Lipinski definition) is 2. The third-order valence-electron chi connectivity index (χ3n) is 2.34. The normalized spacial score (nSPS) is 11.6. The molecule has 1 heterocycles. The lowest BCUT2D eigenvalue weighted by atomic mass is 10.1. The zero-order valence-electron chi connectivity index (χ0n) is 9.61. The molecule has 2 rings (SSSR count). The van der Waals surface area contributed by atoms with Gasteiger partial charge in [0.1, 0.15) is 6.61 Å². The molecule has 18 heavy (non-hydrogen) atoms. The van der Waals surface area contributed by atoms with Crippen LogP contribution in [0.3, 0.4) is 0 Å². The molecule has 0 N–H and O–H groups in total. The van der Waals surface area contributed by atoms with E-state index in [-0.39, 0.29) is 6.61 Å². The van der Waals surface area contributed by atoms with Crippen molar-refractivity contribution in [3.63, 3.8) is 0 Å². The number of nitrogens with zero attached hydrogens (tertiary/aromatic N) is 2. The summed E-state index contributed by atoms with van der Waals surface area (Å²) in [6, 6.07) is 5.07. The summed E-state index contributed by atoms with van der Waals surface area (Å²) in [5.74, 6) is 0.523. The fourth-order valence-electron chi connectivity index (χ4n) is 1.48. The summed E-state index contributed by atoms with van der Waals surface area (Å²) in [7, 11) is 1.73. The van der Waals surface area contributed by atoms with Crippen LogP contribution in [0.5, 0.6) is 5.75 Å². The maximum absolute atomic E-state index is 12.5. The standard InChI is InChI=1S/C12H11F3N2O/c1-17-7-11(6-16-17)18-8-9-3-2-4-10(5-9)12(13,14)15/h2-7H,8H2,1H3.